The summed E-state index contributed by atoms with van der Waals surface area (Å²) in [4.78, 5) is 11.8. The zero-order chi connectivity index (χ0) is 14.4. The van der Waals surface area contributed by atoms with Gasteiger partial charge in [-0.05, 0) is 36.6 Å². The molecule has 1 saturated carbocycles. The summed E-state index contributed by atoms with van der Waals surface area (Å²) in [5, 5.41) is 9.69. The van der Waals surface area contributed by atoms with E-state index in [4.69, 9.17) is 5.73 Å². The molecule has 0 bridgehead atoms. The van der Waals surface area contributed by atoms with E-state index in [0.29, 0.717) is 18.4 Å². The number of hydrogen-bond donors (Lipinski definition) is 2. The van der Waals surface area contributed by atoms with Gasteiger partial charge in [0.15, 0.2) is 0 Å². The van der Waals surface area contributed by atoms with Crippen molar-refractivity contribution in [3.05, 3.63) is 24.3 Å². The molecular weight excluding hydrogens is 238 g/mol. The molecule has 0 aromatic carbocycles. The Balaban J connectivity index is 2.37. The summed E-state index contributed by atoms with van der Waals surface area (Å²) >= 11 is 0. The lowest BCUT2D eigenvalue weighted by atomic mass is 9.46. The molecule has 4 atom stereocenters. The Morgan fingerprint density at radius 1 is 1.68 bits per heavy atom. The van der Waals surface area contributed by atoms with Crippen LogP contribution in [0.25, 0.3) is 0 Å². The van der Waals surface area contributed by atoms with Crippen LogP contribution in [0.4, 0.5) is 0 Å². The normalized spacial score (nSPS) is 35.1. The van der Waals surface area contributed by atoms with Gasteiger partial charge in [-0.15, -0.1) is 0 Å². The van der Waals surface area contributed by atoms with Crippen LogP contribution in [0.1, 0.15) is 33.6 Å². The summed E-state index contributed by atoms with van der Waals surface area (Å²) in [7, 11) is 0. The van der Waals surface area contributed by atoms with E-state index in [1.807, 2.05) is 26.8 Å². The highest BCUT2D eigenvalue weighted by atomic mass is 16.4. The Morgan fingerprint density at radius 2 is 2.32 bits per heavy atom. The third-order valence-corrected chi connectivity index (χ3v) is 5.04. The molecule has 3 nitrogen and oxygen atoms in total. The van der Waals surface area contributed by atoms with Crippen molar-refractivity contribution in [3.63, 3.8) is 0 Å². The van der Waals surface area contributed by atoms with Gasteiger partial charge in [-0.3, -0.25) is 4.79 Å². The first-order chi connectivity index (χ1) is 8.76. The van der Waals surface area contributed by atoms with Crippen molar-refractivity contribution < 1.29 is 9.90 Å². The molecule has 3 N–H and O–H groups in total. The summed E-state index contributed by atoms with van der Waals surface area (Å²) in [6.07, 6.45) is 6.07. The van der Waals surface area contributed by atoms with Crippen LogP contribution >= 0.6 is 0 Å². The van der Waals surface area contributed by atoms with Crippen molar-refractivity contribution in [1.82, 2.24) is 0 Å². The van der Waals surface area contributed by atoms with E-state index < -0.39 is 11.9 Å². The standard InChI is InChI=1S/C16H25NO2/c1-5-10-6-11-8-16(9-17,12(11)7-10)13(14(18)19)15(2,3)4/h5,7,11-13H,1,6,8-9,17H2,2-4H3,(H,18,19)/t11-,12-,13?,16+/m1/s1. The van der Waals surface area contributed by atoms with Crippen LogP contribution < -0.4 is 5.73 Å². The number of carboxylic acids is 1. The SMILES string of the molecule is C=CC1=C[C@@H]2[C@H](C1)C[C@@]2(CN)C(C(=O)O)C(C)(C)C. The van der Waals surface area contributed by atoms with E-state index in [9.17, 15) is 9.90 Å². The predicted molar refractivity (Wildman–Crippen MR) is 76.6 cm³/mol. The first-order valence-electron chi connectivity index (χ1n) is 7.02. The van der Waals surface area contributed by atoms with Crippen LogP contribution in [0.15, 0.2) is 24.3 Å². The van der Waals surface area contributed by atoms with Crippen molar-refractivity contribution in [1.29, 1.82) is 0 Å². The summed E-state index contributed by atoms with van der Waals surface area (Å²) in [5.74, 6) is -0.227. The molecule has 0 saturated heterocycles. The fraction of sp³-hybridized carbons (Fsp3) is 0.688. The average Bonchev–Trinajstić information content (AvgIpc) is 2.61. The van der Waals surface area contributed by atoms with Gasteiger partial charge < -0.3 is 10.8 Å². The zero-order valence-electron chi connectivity index (χ0n) is 12.1. The van der Waals surface area contributed by atoms with E-state index in [2.05, 4.69) is 12.7 Å². The molecule has 19 heavy (non-hydrogen) atoms. The smallest absolute Gasteiger partial charge is 0.307 e. The second-order valence-electron chi connectivity index (χ2n) is 7.21. The van der Waals surface area contributed by atoms with Crippen LogP contribution in [0, 0.1) is 28.6 Å². The molecule has 0 aromatic rings. The molecule has 1 fully saturated rings. The highest BCUT2D eigenvalue weighted by Crippen LogP contribution is 2.63. The number of carbonyl (C=O) groups is 1. The summed E-state index contributed by atoms with van der Waals surface area (Å²) in [5.41, 5.74) is 6.73. The van der Waals surface area contributed by atoms with Crippen molar-refractivity contribution >= 4 is 5.97 Å². The van der Waals surface area contributed by atoms with Gasteiger partial charge in [-0.1, -0.05) is 45.1 Å². The maximum Gasteiger partial charge on any atom is 0.307 e. The van der Waals surface area contributed by atoms with E-state index in [0.717, 1.165) is 12.8 Å². The largest absolute Gasteiger partial charge is 0.481 e. The van der Waals surface area contributed by atoms with Crippen LogP contribution in [-0.2, 0) is 4.79 Å². The van der Waals surface area contributed by atoms with Crippen molar-refractivity contribution in [2.45, 2.75) is 33.6 Å². The molecule has 0 aliphatic heterocycles. The molecule has 2 rings (SSSR count). The Labute approximate surface area is 115 Å². The van der Waals surface area contributed by atoms with Gasteiger partial charge in [-0.25, -0.2) is 0 Å². The van der Waals surface area contributed by atoms with Gasteiger partial charge >= 0.3 is 5.97 Å². The van der Waals surface area contributed by atoms with Crippen LogP contribution in [0.5, 0.6) is 0 Å². The van der Waals surface area contributed by atoms with Gasteiger partial charge in [0.2, 0.25) is 0 Å². The summed E-state index contributed by atoms with van der Waals surface area (Å²) < 4.78 is 0. The number of nitrogens with two attached hydrogens (primary N) is 1. The number of rotatable bonds is 4. The van der Waals surface area contributed by atoms with Crippen LogP contribution in [0.3, 0.4) is 0 Å². The van der Waals surface area contributed by atoms with Gasteiger partial charge in [0.1, 0.15) is 0 Å². The third-order valence-electron chi connectivity index (χ3n) is 5.04. The lowest BCUT2D eigenvalue weighted by Crippen LogP contribution is -2.59. The van der Waals surface area contributed by atoms with E-state index in [1.54, 1.807) is 0 Å². The maximum absolute atomic E-state index is 11.8. The molecule has 3 heteroatoms. The molecule has 2 aliphatic rings. The summed E-state index contributed by atoms with van der Waals surface area (Å²) in [6.45, 7) is 10.3. The number of fused-ring (bicyclic) bond motifs is 1. The highest BCUT2D eigenvalue weighted by Gasteiger charge is 2.62. The minimum atomic E-state index is -0.711. The minimum Gasteiger partial charge on any atom is -0.481 e. The second kappa shape index (κ2) is 4.48. The number of carboxylic acid groups (broad SMARTS) is 1. The molecule has 2 aliphatic carbocycles. The Morgan fingerprint density at radius 3 is 2.74 bits per heavy atom. The molecule has 0 spiro atoms. The van der Waals surface area contributed by atoms with E-state index in [-0.39, 0.29) is 10.8 Å². The van der Waals surface area contributed by atoms with Crippen molar-refractivity contribution in [2.75, 3.05) is 6.54 Å². The summed E-state index contributed by atoms with van der Waals surface area (Å²) in [6, 6.07) is 0. The molecule has 1 unspecified atom stereocenters. The lowest BCUT2D eigenvalue weighted by molar-refractivity contribution is -0.166. The van der Waals surface area contributed by atoms with Crippen molar-refractivity contribution in [3.8, 4) is 0 Å². The first-order valence-corrected chi connectivity index (χ1v) is 7.02. The van der Waals surface area contributed by atoms with Gasteiger partial charge in [0.05, 0.1) is 5.92 Å². The Kier molecular flexibility index (Phi) is 3.38. The fourth-order valence-corrected chi connectivity index (χ4v) is 4.44. The minimum absolute atomic E-state index is 0.277. The molecular formula is C16H25NO2. The van der Waals surface area contributed by atoms with E-state index >= 15 is 0 Å². The Hall–Kier alpha value is -1.09. The molecule has 0 amide bonds. The topological polar surface area (TPSA) is 63.3 Å². The number of allylic oxidation sites excluding steroid dienone is 3. The predicted octanol–water partition coefficient (Wildman–Crippen LogP) is 2.83. The van der Waals surface area contributed by atoms with Crippen LogP contribution in [0.2, 0.25) is 0 Å². The number of aliphatic carboxylic acids is 1. The third kappa shape index (κ3) is 2.04. The molecule has 0 aromatic heterocycles. The Bertz CT molecular complexity index is 433. The quantitative estimate of drug-likeness (QED) is 0.819. The lowest BCUT2D eigenvalue weighted by Gasteiger charge is -2.57. The maximum atomic E-state index is 11.8. The van der Waals surface area contributed by atoms with E-state index in [1.165, 1.54) is 5.57 Å². The molecule has 0 radical (unpaired) electrons. The van der Waals surface area contributed by atoms with Gasteiger partial charge in [0, 0.05) is 5.41 Å². The van der Waals surface area contributed by atoms with Gasteiger partial charge in [0.25, 0.3) is 0 Å². The highest BCUT2D eigenvalue weighted by molar-refractivity contribution is 5.72. The average molecular weight is 263 g/mol. The zero-order valence-corrected chi connectivity index (χ0v) is 12.1. The molecule has 106 valence electrons. The monoisotopic (exact) mass is 263 g/mol. The fourth-order valence-electron chi connectivity index (χ4n) is 4.44. The van der Waals surface area contributed by atoms with Crippen LogP contribution in [-0.4, -0.2) is 17.6 Å². The first kappa shape index (κ1) is 14.3. The van der Waals surface area contributed by atoms with Crippen molar-refractivity contribution in [2.24, 2.45) is 34.3 Å². The molecule has 0 heterocycles. The van der Waals surface area contributed by atoms with Gasteiger partial charge in [-0.2, -0.15) is 0 Å². The number of hydrogen-bond acceptors (Lipinski definition) is 2. The second-order valence-corrected chi connectivity index (χ2v) is 7.21.